The van der Waals surface area contributed by atoms with Crippen LogP contribution in [0.15, 0.2) is 12.1 Å². The molecule has 25 heavy (non-hydrogen) atoms. The number of carbonyl (C=O) groups excluding carboxylic acids is 2. The van der Waals surface area contributed by atoms with Crippen LogP contribution in [0.25, 0.3) is 0 Å². The number of methoxy groups -OCH3 is 2. The Balaban J connectivity index is 2.28. The lowest BCUT2D eigenvalue weighted by Gasteiger charge is -2.22. The fraction of sp³-hybridized carbons (Fsp3) is 0.579. The van der Waals surface area contributed by atoms with Crippen molar-refractivity contribution in [2.75, 3.05) is 26.1 Å². The SMILES string of the molecule is CCCOC(=O)c1cc(OC)c(OC)cc1NC(=O)C1CCCCC1. The van der Waals surface area contributed by atoms with Crippen LogP contribution in [0.2, 0.25) is 0 Å². The molecule has 0 radical (unpaired) electrons. The van der Waals surface area contributed by atoms with Gasteiger partial charge in [-0.3, -0.25) is 4.79 Å². The van der Waals surface area contributed by atoms with E-state index >= 15 is 0 Å². The average molecular weight is 349 g/mol. The first-order valence-corrected chi connectivity index (χ1v) is 8.84. The minimum absolute atomic E-state index is 0.0126. The topological polar surface area (TPSA) is 73.9 Å². The van der Waals surface area contributed by atoms with E-state index in [9.17, 15) is 9.59 Å². The van der Waals surface area contributed by atoms with Crippen LogP contribution in [0.5, 0.6) is 11.5 Å². The average Bonchev–Trinajstić information content (AvgIpc) is 2.66. The van der Waals surface area contributed by atoms with Crippen LogP contribution < -0.4 is 14.8 Å². The summed E-state index contributed by atoms with van der Waals surface area (Å²) in [5.74, 6) is 0.315. The first kappa shape index (κ1) is 19.1. The van der Waals surface area contributed by atoms with E-state index in [1.54, 1.807) is 12.1 Å². The highest BCUT2D eigenvalue weighted by Crippen LogP contribution is 2.34. The lowest BCUT2D eigenvalue weighted by molar-refractivity contribution is -0.120. The van der Waals surface area contributed by atoms with Gasteiger partial charge in [-0.25, -0.2) is 4.79 Å². The van der Waals surface area contributed by atoms with E-state index < -0.39 is 5.97 Å². The van der Waals surface area contributed by atoms with Crippen molar-refractivity contribution in [1.82, 2.24) is 0 Å². The lowest BCUT2D eigenvalue weighted by atomic mass is 9.88. The van der Waals surface area contributed by atoms with Gasteiger partial charge in [-0.1, -0.05) is 26.2 Å². The summed E-state index contributed by atoms with van der Waals surface area (Å²) in [5.41, 5.74) is 0.671. The molecule has 0 aromatic heterocycles. The molecule has 6 heteroatoms. The third-order valence-electron chi connectivity index (χ3n) is 4.41. The van der Waals surface area contributed by atoms with Gasteiger partial charge in [-0.15, -0.1) is 0 Å². The Morgan fingerprint density at radius 3 is 2.32 bits per heavy atom. The maximum absolute atomic E-state index is 12.6. The zero-order chi connectivity index (χ0) is 18.2. The highest BCUT2D eigenvalue weighted by molar-refractivity contribution is 6.02. The number of esters is 1. The van der Waals surface area contributed by atoms with Crippen molar-refractivity contribution in [3.63, 3.8) is 0 Å². The maximum Gasteiger partial charge on any atom is 0.340 e. The van der Waals surface area contributed by atoms with Gasteiger partial charge >= 0.3 is 5.97 Å². The number of ether oxygens (including phenoxy) is 3. The van der Waals surface area contributed by atoms with E-state index in [2.05, 4.69) is 5.32 Å². The summed E-state index contributed by atoms with van der Waals surface area (Å²) in [6.45, 7) is 2.25. The van der Waals surface area contributed by atoms with Crippen LogP contribution in [0.4, 0.5) is 5.69 Å². The molecule has 0 spiro atoms. The van der Waals surface area contributed by atoms with Gasteiger partial charge in [0.15, 0.2) is 11.5 Å². The molecule has 0 atom stereocenters. The lowest BCUT2D eigenvalue weighted by Crippen LogP contribution is -2.26. The van der Waals surface area contributed by atoms with Crippen LogP contribution >= 0.6 is 0 Å². The number of rotatable bonds is 7. The Hall–Kier alpha value is -2.24. The summed E-state index contributed by atoms with van der Waals surface area (Å²) >= 11 is 0. The van der Waals surface area contributed by atoms with Crippen molar-refractivity contribution in [2.24, 2.45) is 5.92 Å². The predicted molar refractivity (Wildman–Crippen MR) is 95.3 cm³/mol. The first-order valence-electron chi connectivity index (χ1n) is 8.84. The van der Waals surface area contributed by atoms with Crippen LogP contribution in [-0.2, 0) is 9.53 Å². The second-order valence-electron chi connectivity index (χ2n) is 6.21. The summed E-state index contributed by atoms with van der Waals surface area (Å²) in [4.78, 5) is 25.0. The fourth-order valence-corrected chi connectivity index (χ4v) is 3.02. The second-order valence-corrected chi connectivity index (χ2v) is 6.21. The molecular formula is C19H27NO5. The Bertz CT molecular complexity index is 608. The summed E-state index contributed by atoms with van der Waals surface area (Å²) in [6.07, 6.45) is 5.80. The van der Waals surface area contributed by atoms with E-state index in [1.807, 2.05) is 6.92 Å². The molecule has 1 amide bonds. The molecule has 0 aliphatic heterocycles. The van der Waals surface area contributed by atoms with Gasteiger partial charge in [-0.05, 0) is 19.3 Å². The zero-order valence-electron chi connectivity index (χ0n) is 15.2. The van der Waals surface area contributed by atoms with E-state index in [-0.39, 0.29) is 17.4 Å². The third-order valence-corrected chi connectivity index (χ3v) is 4.41. The van der Waals surface area contributed by atoms with Crippen molar-refractivity contribution >= 4 is 17.6 Å². The number of carbonyl (C=O) groups is 2. The van der Waals surface area contributed by atoms with Gasteiger partial charge < -0.3 is 19.5 Å². The highest BCUT2D eigenvalue weighted by Gasteiger charge is 2.24. The van der Waals surface area contributed by atoms with E-state index in [0.29, 0.717) is 23.8 Å². The van der Waals surface area contributed by atoms with Gasteiger partial charge in [0.1, 0.15) is 0 Å². The Kier molecular flexibility index (Phi) is 7.10. The number of benzene rings is 1. The van der Waals surface area contributed by atoms with E-state index in [0.717, 1.165) is 32.1 Å². The quantitative estimate of drug-likeness (QED) is 0.758. The number of amides is 1. The van der Waals surface area contributed by atoms with Crippen LogP contribution in [0.3, 0.4) is 0 Å². The third kappa shape index (κ3) is 4.87. The van der Waals surface area contributed by atoms with Gasteiger partial charge in [-0.2, -0.15) is 0 Å². The summed E-state index contributed by atoms with van der Waals surface area (Å²) in [7, 11) is 3.01. The summed E-state index contributed by atoms with van der Waals surface area (Å²) in [5, 5.41) is 2.89. The normalized spacial score (nSPS) is 14.7. The molecule has 138 valence electrons. The van der Waals surface area contributed by atoms with Crippen LogP contribution in [-0.4, -0.2) is 32.7 Å². The summed E-state index contributed by atoms with van der Waals surface area (Å²) in [6, 6.07) is 3.16. The van der Waals surface area contributed by atoms with Crippen molar-refractivity contribution in [3.05, 3.63) is 17.7 Å². The molecule has 0 saturated heterocycles. The Morgan fingerprint density at radius 1 is 1.08 bits per heavy atom. The first-order chi connectivity index (χ1) is 12.1. The van der Waals surface area contributed by atoms with Crippen LogP contribution in [0.1, 0.15) is 55.8 Å². The molecule has 1 N–H and O–H groups in total. The van der Waals surface area contributed by atoms with E-state index in [1.165, 1.54) is 20.6 Å². The molecule has 1 aliphatic rings. The molecule has 1 fully saturated rings. The maximum atomic E-state index is 12.6. The number of anilines is 1. The van der Waals surface area contributed by atoms with Crippen molar-refractivity contribution in [3.8, 4) is 11.5 Å². The minimum atomic E-state index is -0.484. The van der Waals surface area contributed by atoms with Crippen molar-refractivity contribution in [1.29, 1.82) is 0 Å². The number of hydrogen-bond donors (Lipinski definition) is 1. The fourth-order valence-electron chi connectivity index (χ4n) is 3.02. The molecule has 2 rings (SSSR count). The van der Waals surface area contributed by atoms with Gasteiger partial charge in [0.25, 0.3) is 0 Å². The second kappa shape index (κ2) is 9.30. The predicted octanol–water partition coefficient (Wildman–Crippen LogP) is 3.79. The monoisotopic (exact) mass is 349 g/mol. The molecule has 1 saturated carbocycles. The smallest absolute Gasteiger partial charge is 0.340 e. The van der Waals surface area contributed by atoms with Gasteiger partial charge in [0, 0.05) is 18.1 Å². The molecule has 0 bridgehead atoms. The molecule has 1 aromatic rings. The Morgan fingerprint density at radius 2 is 1.72 bits per heavy atom. The molecule has 0 heterocycles. The number of hydrogen-bond acceptors (Lipinski definition) is 5. The van der Waals surface area contributed by atoms with Gasteiger partial charge in [0.05, 0.1) is 32.1 Å². The molecule has 1 aliphatic carbocycles. The standard InChI is InChI=1S/C19H27NO5/c1-4-10-25-19(22)14-11-16(23-2)17(24-3)12-15(14)20-18(21)13-8-6-5-7-9-13/h11-13H,4-10H2,1-3H3,(H,20,21). The molecule has 1 aromatic carbocycles. The molecule has 0 unspecified atom stereocenters. The minimum Gasteiger partial charge on any atom is -0.493 e. The zero-order valence-corrected chi connectivity index (χ0v) is 15.2. The Labute approximate surface area is 148 Å². The van der Waals surface area contributed by atoms with Crippen LogP contribution in [0, 0.1) is 5.92 Å². The highest BCUT2D eigenvalue weighted by atomic mass is 16.5. The summed E-state index contributed by atoms with van der Waals surface area (Å²) < 4.78 is 15.8. The largest absolute Gasteiger partial charge is 0.493 e. The van der Waals surface area contributed by atoms with Gasteiger partial charge in [0.2, 0.25) is 5.91 Å². The van der Waals surface area contributed by atoms with Crippen molar-refractivity contribution < 1.29 is 23.8 Å². The van der Waals surface area contributed by atoms with E-state index in [4.69, 9.17) is 14.2 Å². The van der Waals surface area contributed by atoms with Crippen molar-refractivity contribution in [2.45, 2.75) is 45.4 Å². The number of nitrogens with one attached hydrogen (secondary N) is 1. The molecule has 6 nitrogen and oxygen atoms in total. The molecular weight excluding hydrogens is 322 g/mol.